The Bertz CT molecular complexity index is 510. The Morgan fingerprint density at radius 3 is 2.82 bits per heavy atom. The minimum Gasteiger partial charge on any atom is -0.325 e. The van der Waals surface area contributed by atoms with Crippen molar-refractivity contribution in [3.05, 3.63) is 33.3 Å². The van der Waals surface area contributed by atoms with Gasteiger partial charge in [-0.25, -0.2) is 0 Å². The van der Waals surface area contributed by atoms with Crippen molar-refractivity contribution in [1.82, 2.24) is 0 Å². The third kappa shape index (κ3) is 3.16. The number of nitriles is 1. The molecule has 0 aliphatic rings. The summed E-state index contributed by atoms with van der Waals surface area (Å²) in [6, 6.07) is 5.64. The molecular formula is C10H8ClN3O3. The maximum absolute atomic E-state index is 11.4. The summed E-state index contributed by atoms with van der Waals surface area (Å²) >= 11 is 5.61. The van der Waals surface area contributed by atoms with Gasteiger partial charge in [0, 0.05) is 11.8 Å². The fourth-order valence-electron chi connectivity index (χ4n) is 1.04. The summed E-state index contributed by atoms with van der Waals surface area (Å²) < 4.78 is 0. The van der Waals surface area contributed by atoms with Crippen molar-refractivity contribution >= 4 is 28.9 Å². The van der Waals surface area contributed by atoms with Crippen LogP contribution in [0.15, 0.2) is 18.2 Å². The van der Waals surface area contributed by atoms with E-state index in [4.69, 9.17) is 16.9 Å². The molecule has 0 saturated heterocycles. The molecule has 0 fully saturated rings. The molecule has 0 bridgehead atoms. The van der Waals surface area contributed by atoms with Crippen molar-refractivity contribution in [2.45, 2.75) is 6.92 Å². The number of halogens is 1. The first kappa shape index (κ1) is 12.9. The molecule has 1 aromatic carbocycles. The van der Waals surface area contributed by atoms with Gasteiger partial charge in [0.1, 0.15) is 10.9 Å². The summed E-state index contributed by atoms with van der Waals surface area (Å²) in [5.41, 5.74) is -0.0673. The highest BCUT2D eigenvalue weighted by Crippen LogP contribution is 2.27. The molecular weight excluding hydrogens is 246 g/mol. The van der Waals surface area contributed by atoms with Gasteiger partial charge in [0.2, 0.25) is 5.91 Å². The van der Waals surface area contributed by atoms with Crippen LogP contribution < -0.4 is 5.32 Å². The first-order chi connectivity index (χ1) is 7.95. The lowest BCUT2D eigenvalue weighted by atomic mass is 10.2. The molecule has 6 nitrogen and oxygen atoms in total. The van der Waals surface area contributed by atoms with E-state index in [1.807, 2.05) is 0 Å². The predicted molar refractivity (Wildman–Crippen MR) is 61.5 cm³/mol. The standard InChI is InChI=1S/C10H8ClN3O3/c1-6(5-12)10(15)13-7-2-3-8(11)9(4-7)14(16)17/h2-4,6H,1H3,(H,13,15). The number of nitrogens with one attached hydrogen (secondary N) is 1. The SMILES string of the molecule is CC(C#N)C(=O)Nc1ccc(Cl)c([N+](=O)[O-])c1. The largest absolute Gasteiger partial charge is 0.325 e. The van der Waals surface area contributed by atoms with Crippen molar-refractivity contribution in [2.75, 3.05) is 5.32 Å². The zero-order chi connectivity index (χ0) is 13.0. The minimum absolute atomic E-state index is 0.0127. The number of nitro benzene ring substituents is 1. The van der Waals surface area contributed by atoms with Gasteiger partial charge in [-0.2, -0.15) is 5.26 Å². The quantitative estimate of drug-likeness (QED) is 0.660. The number of nitrogens with zero attached hydrogens (tertiary/aromatic N) is 2. The molecule has 0 aliphatic carbocycles. The van der Waals surface area contributed by atoms with Gasteiger partial charge in [-0.1, -0.05) is 11.6 Å². The van der Waals surface area contributed by atoms with E-state index in [0.29, 0.717) is 0 Å². The van der Waals surface area contributed by atoms with Crippen molar-refractivity contribution in [3.8, 4) is 6.07 Å². The first-order valence-corrected chi connectivity index (χ1v) is 4.98. The van der Waals surface area contributed by atoms with Crippen molar-refractivity contribution < 1.29 is 9.72 Å². The van der Waals surface area contributed by atoms with E-state index in [9.17, 15) is 14.9 Å². The number of carbonyl (C=O) groups is 1. The van der Waals surface area contributed by atoms with Crippen LogP contribution in [0.1, 0.15) is 6.92 Å². The van der Waals surface area contributed by atoms with E-state index in [2.05, 4.69) is 5.32 Å². The van der Waals surface area contributed by atoms with E-state index >= 15 is 0 Å². The van der Waals surface area contributed by atoms with Gasteiger partial charge in [-0.15, -0.1) is 0 Å². The third-order valence-corrected chi connectivity index (χ3v) is 2.32. The molecule has 0 spiro atoms. The van der Waals surface area contributed by atoms with Crippen molar-refractivity contribution in [2.24, 2.45) is 5.92 Å². The van der Waals surface area contributed by atoms with Crippen LogP contribution in [0.3, 0.4) is 0 Å². The Balaban J connectivity index is 2.95. The predicted octanol–water partition coefficient (Wildman–Crippen LogP) is 2.35. The van der Waals surface area contributed by atoms with Crippen LogP contribution in [-0.4, -0.2) is 10.8 Å². The number of carbonyl (C=O) groups excluding carboxylic acids is 1. The fraction of sp³-hybridized carbons (Fsp3) is 0.200. The Morgan fingerprint density at radius 2 is 2.29 bits per heavy atom. The molecule has 0 saturated carbocycles. The zero-order valence-corrected chi connectivity index (χ0v) is 9.56. The molecule has 0 heterocycles. The fourth-order valence-corrected chi connectivity index (χ4v) is 1.23. The number of anilines is 1. The summed E-state index contributed by atoms with van der Waals surface area (Å²) in [5, 5.41) is 21.5. The summed E-state index contributed by atoms with van der Waals surface area (Å²) in [5.74, 6) is -1.35. The second-order valence-corrected chi connectivity index (χ2v) is 3.67. The van der Waals surface area contributed by atoms with Crippen LogP contribution >= 0.6 is 11.6 Å². The van der Waals surface area contributed by atoms with E-state index in [-0.39, 0.29) is 16.4 Å². The van der Waals surface area contributed by atoms with Crippen LogP contribution in [0, 0.1) is 27.4 Å². The van der Waals surface area contributed by atoms with Crippen LogP contribution in [0.25, 0.3) is 0 Å². The second-order valence-electron chi connectivity index (χ2n) is 3.26. The van der Waals surface area contributed by atoms with Crippen LogP contribution in [0.5, 0.6) is 0 Å². The lowest BCUT2D eigenvalue weighted by Gasteiger charge is -2.06. The van der Waals surface area contributed by atoms with Crippen LogP contribution in [0.2, 0.25) is 5.02 Å². The average Bonchev–Trinajstić information content (AvgIpc) is 2.30. The molecule has 0 radical (unpaired) electrons. The maximum atomic E-state index is 11.4. The number of hydrogen-bond donors (Lipinski definition) is 1. The molecule has 1 unspecified atom stereocenters. The van der Waals surface area contributed by atoms with Gasteiger partial charge in [-0.05, 0) is 19.1 Å². The molecule has 1 N–H and O–H groups in total. The Hall–Kier alpha value is -2.13. The number of hydrogen-bond acceptors (Lipinski definition) is 4. The summed E-state index contributed by atoms with van der Waals surface area (Å²) in [4.78, 5) is 21.3. The van der Waals surface area contributed by atoms with Crippen LogP contribution in [0.4, 0.5) is 11.4 Å². The topological polar surface area (TPSA) is 96.0 Å². The Labute approximate surface area is 102 Å². The van der Waals surface area contributed by atoms with Gasteiger partial charge in [-0.3, -0.25) is 14.9 Å². The average molecular weight is 254 g/mol. The molecule has 7 heteroatoms. The number of nitro groups is 1. The summed E-state index contributed by atoms with van der Waals surface area (Å²) in [6.45, 7) is 1.43. The van der Waals surface area contributed by atoms with E-state index in [0.717, 1.165) is 6.07 Å². The van der Waals surface area contributed by atoms with Gasteiger partial charge >= 0.3 is 0 Å². The molecule has 88 valence electrons. The van der Waals surface area contributed by atoms with Crippen molar-refractivity contribution in [3.63, 3.8) is 0 Å². The molecule has 1 amide bonds. The van der Waals surface area contributed by atoms with Gasteiger partial charge < -0.3 is 5.32 Å². The van der Waals surface area contributed by atoms with Gasteiger partial charge in [0.15, 0.2) is 0 Å². The molecule has 1 aromatic rings. The summed E-state index contributed by atoms with van der Waals surface area (Å²) in [7, 11) is 0. The Morgan fingerprint density at radius 1 is 1.65 bits per heavy atom. The van der Waals surface area contributed by atoms with Gasteiger partial charge in [0.05, 0.1) is 11.0 Å². The first-order valence-electron chi connectivity index (χ1n) is 4.60. The molecule has 17 heavy (non-hydrogen) atoms. The van der Waals surface area contributed by atoms with Crippen molar-refractivity contribution in [1.29, 1.82) is 5.26 Å². The van der Waals surface area contributed by atoms with E-state index in [1.54, 1.807) is 6.07 Å². The molecule has 0 aromatic heterocycles. The lowest BCUT2D eigenvalue weighted by Crippen LogP contribution is -2.18. The van der Waals surface area contributed by atoms with E-state index in [1.165, 1.54) is 19.1 Å². The number of rotatable bonds is 3. The highest BCUT2D eigenvalue weighted by Gasteiger charge is 2.16. The van der Waals surface area contributed by atoms with Gasteiger partial charge in [0.25, 0.3) is 5.69 Å². The normalized spacial score (nSPS) is 11.4. The third-order valence-electron chi connectivity index (χ3n) is 2.00. The molecule has 0 aliphatic heterocycles. The minimum atomic E-state index is -0.829. The lowest BCUT2D eigenvalue weighted by molar-refractivity contribution is -0.384. The highest BCUT2D eigenvalue weighted by molar-refractivity contribution is 6.32. The summed E-state index contributed by atoms with van der Waals surface area (Å²) in [6.07, 6.45) is 0. The number of amides is 1. The monoisotopic (exact) mass is 253 g/mol. The molecule has 1 atom stereocenters. The number of benzene rings is 1. The molecule has 1 rings (SSSR count). The van der Waals surface area contributed by atoms with Crippen LogP contribution in [-0.2, 0) is 4.79 Å². The van der Waals surface area contributed by atoms with E-state index < -0.39 is 16.7 Å². The Kier molecular flexibility index (Phi) is 4.01. The smallest absolute Gasteiger partial charge is 0.289 e. The highest BCUT2D eigenvalue weighted by atomic mass is 35.5. The zero-order valence-electron chi connectivity index (χ0n) is 8.81. The maximum Gasteiger partial charge on any atom is 0.289 e. The second kappa shape index (κ2) is 5.27.